The Morgan fingerprint density at radius 3 is 1.98 bits per heavy atom. The van der Waals surface area contributed by atoms with Gasteiger partial charge in [-0.1, -0.05) is 82.6 Å². The highest BCUT2D eigenvalue weighted by atomic mass is 16.2. The number of nitrogens with one attached hydrogen (secondary N) is 4. The molecule has 2 aliphatic heterocycles. The van der Waals surface area contributed by atoms with E-state index in [1.54, 1.807) is 4.90 Å². The van der Waals surface area contributed by atoms with Crippen LogP contribution in [-0.4, -0.2) is 94.4 Å². The maximum atomic E-state index is 14.5. The lowest BCUT2D eigenvalue weighted by Crippen LogP contribution is -2.63. The van der Waals surface area contributed by atoms with Gasteiger partial charge in [-0.2, -0.15) is 0 Å². The van der Waals surface area contributed by atoms with Gasteiger partial charge in [0.15, 0.2) is 0 Å². The van der Waals surface area contributed by atoms with Crippen LogP contribution in [0, 0.1) is 45.3 Å². The highest BCUT2D eigenvalue weighted by Gasteiger charge is 2.71. The van der Waals surface area contributed by atoms with Crippen LogP contribution >= 0.6 is 0 Å². The maximum Gasteiger partial charge on any atom is 0.315 e. The van der Waals surface area contributed by atoms with E-state index in [1.165, 1.54) is 4.90 Å². The first-order chi connectivity index (χ1) is 23.8. The molecule has 5 fully saturated rings. The molecule has 3 unspecified atom stereocenters. The maximum absolute atomic E-state index is 14.5. The second-order valence-electron chi connectivity index (χ2n) is 19.9. The minimum absolute atomic E-state index is 0.00341. The van der Waals surface area contributed by atoms with Gasteiger partial charge in [0.1, 0.15) is 17.6 Å². The molecule has 0 radical (unpaired) electrons. The van der Waals surface area contributed by atoms with Crippen LogP contribution in [0.4, 0.5) is 4.79 Å². The minimum Gasteiger partial charge on any atom is -0.349 e. The number of hydrogen-bond donors (Lipinski definition) is 4. The first kappa shape index (κ1) is 39.7. The number of imide groups is 1. The van der Waals surface area contributed by atoms with Gasteiger partial charge in [0.25, 0.3) is 5.91 Å². The number of Topliss-reactive ketones (excluding diaryl/α,β-unsaturated/α-hetero) is 1. The summed E-state index contributed by atoms with van der Waals surface area (Å²) in [6.07, 6.45) is 3.50. The topological polar surface area (TPSA) is 174 Å². The van der Waals surface area contributed by atoms with Crippen LogP contribution in [0.1, 0.15) is 115 Å². The Kier molecular flexibility index (Phi) is 10.2. The van der Waals surface area contributed by atoms with Crippen LogP contribution in [0.3, 0.4) is 0 Å². The zero-order valence-electron chi connectivity index (χ0n) is 33.2. The number of likely N-dealkylation sites (tertiary alicyclic amines) is 2. The molecule has 13 nitrogen and oxygen atoms in total. The molecule has 3 saturated carbocycles. The molecule has 7 atom stereocenters. The number of fused-ring (bicyclic) bond motifs is 1. The van der Waals surface area contributed by atoms with Crippen molar-refractivity contribution in [3.63, 3.8) is 0 Å². The monoisotopic (exact) mass is 726 g/mol. The summed E-state index contributed by atoms with van der Waals surface area (Å²) >= 11 is 0. The molecule has 0 aromatic carbocycles. The quantitative estimate of drug-likeness (QED) is 0.177. The molecule has 3 aliphatic carbocycles. The van der Waals surface area contributed by atoms with Crippen LogP contribution in [-0.2, 0) is 28.8 Å². The van der Waals surface area contributed by atoms with E-state index in [2.05, 4.69) is 35.1 Å². The van der Waals surface area contributed by atoms with Crippen molar-refractivity contribution in [1.82, 2.24) is 31.1 Å². The highest BCUT2D eigenvalue weighted by molar-refractivity contribution is 6.41. The Morgan fingerprint density at radius 1 is 0.885 bits per heavy atom. The van der Waals surface area contributed by atoms with Crippen molar-refractivity contribution in [2.75, 3.05) is 19.6 Å². The summed E-state index contributed by atoms with van der Waals surface area (Å²) in [6.45, 7) is 21.9. The van der Waals surface area contributed by atoms with Crippen LogP contribution in [0.15, 0.2) is 0 Å². The van der Waals surface area contributed by atoms with E-state index in [9.17, 15) is 33.6 Å². The third-order valence-electron chi connectivity index (χ3n) is 12.5. The summed E-state index contributed by atoms with van der Waals surface area (Å²) in [7, 11) is 0. The van der Waals surface area contributed by atoms with E-state index >= 15 is 0 Å². The SMILES string of the molecule is CC[C@H]1CC1(NC(=O)[C@@H]1C2C(CN1C(=O)[C@H](NC(=O)N[C@H](CN1C(=O)CC(C)(C)CC1=O)C(C)(C)C)C(C)(C)C)C2(C)C)C(=O)C(=O)NCC1CC1. The van der Waals surface area contributed by atoms with Gasteiger partial charge in [0, 0.05) is 32.5 Å². The normalized spacial score (nSPS) is 30.1. The first-order valence-corrected chi connectivity index (χ1v) is 19.2. The largest absolute Gasteiger partial charge is 0.349 e. The summed E-state index contributed by atoms with van der Waals surface area (Å²) < 4.78 is 0. The van der Waals surface area contributed by atoms with E-state index in [4.69, 9.17) is 0 Å². The number of piperidine rings is 2. The zero-order chi connectivity index (χ0) is 38.9. The second kappa shape index (κ2) is 13.4. The number of rotatable bonds is 12. The Labute approximate surface area is 308 Å². The molecule has 0 aromatic heterocycles. The van der Waals surface area contributed by atoms with E-state index in [0.717, 1.165) is 12.8 Å². The molecule has 52 heavy (non-hydrogen) atoms. The van der Waals surface area contributed by atoms with Gasteiger partial charge < -0.3 is 26.2 Å². The van der Waals surface area contributed by atoms with Crippen LogP contribution in [0.5, 0.6) is 0 Å². The van der Waals surface area contributed by atoms with Gasteiger partial charge in [0.2, 0.25) is 29.4 Å². The molecule has 5 rings (SSSR count). The van der Waals surface area contributed by atoms with Crippen LogP contribution in [0.2, 0.25) is 0 Å². The van der Waals surface area contributed by atoms with Crippen molar-refractivity contribution in [3.8, 4) is 0 Å². The summed E-state index contributed by atoms with van der Waals surface area (Å²) in [5.74, 6) is -2.58. The van der Waals surface area contributed by atoms with E-state index in [-0.39, 0.29) is 54.4 Å². The van der Waals surface area contributed by atoms with Gasteiger partial charge in [-0.05, 0) is 64.6 Å². The molecule has 13 heteroatoms. The van der Waals surface area contributed by atoms with Crippen molar-refractivity contribution >= 4 is 41.4 Å². The van der Waals surface area contributed by atoms with E-state index in [1.807, 2.05) is 62.3 Å². The zero-order valence-corrected chi connectivity index (χ0v) is 33.2. The Morgan fingerprint density at radius 2 is 1.48 bits per heavy atom. The number of carbonyl (C=O) groups excluding carboxylic acids is 7. The van der Waals surface area contributed by atoms with Gasteiger partial charge >= 0.3 is 6.03 Å². The Bertz CT molecular complexity index is 1500. The number of hydrogen-bond acceptors (Lipinski definition) is 7. The minimum atomic E-state index is -1.29. The molecular formula is C39H62N6O7. The summed E-state index contributed by atoms with van der Waals surface area (Å²) in [5, 5.41) is 11.6. The predicted molar refractivity (Wildman–Crippen MR) is 194 cm³/mol. The van der Waals surface area contributed by atoms with Crippen molar-refractivity contribution in [2.24, 2.45) is 45.3 Å². The average molecular weight is 727 g/mol. The predicted octanol–water partition coefficient (Wildman–Crippen LogP) is 3.15. The Balaban J connectivity index is 1.32. The number of amides is 7. The highest BCUT2D eigenvalue weighted by Crippen LogP contribution is 2.65. The van der Waals surface area contributed by atoms with Gasteiger partial charge in [-0.15, -0.1) is 0 Å². The van der Waals surface area contributed by atoms with E-state index in [0.29, 0.717) is 31.8 Å². The second-order valence-corrected chi connectivity index (χ2v) is 19.9. The van der Waals surface area contributed by atoms with Gasteiger partial charge in [-0.3, -0.25) is 33.7 Å². The number of ketones is 1. The number of nitrogens with zero attached hydrogens (tertiary/aromatic N) is 2. The fraction of sp³-hybridized carbons (Fsp3) is 0.821. The third-order valence-corrected chi connectivity index (χ3v) is 12.5. The van der Waals surface area contributed by atoms with Crippen molar-refractivity contribution < 1.29 is 33.6 Å². The lowest BCUT2D eigenvalue weighted by molar-refractivity contribution is -0.153. The van der Waals surface area contributed by atoms with Gasteiger partial charge in [0.05, 0.1) is 6.04 Å². The fourth-order valence-corrected chi connectivity index (χ4v) is 8.54. The molecule has 4 N–H and O–H groups in total. The molecule has 2 heterocycles. The lowest BCUT2D eigenvalue weighted by Gasteiger charge is -2.41. The summed E-state index contributed by atoms with van der Waals surface area (Å²) in [4.78, 5) is 97.8. The van der Waals surface area contributed by atoms with E-state index < -0.39 is 69.4 Å². The molecule has 0 aromatic rings. The van der Waals surface area contributed by atoms with Crippen LogP contribution < -0.4 is 21.3 Å². The fourth-order valence-electron chi connectivity index (χ4n) is 8.54. The standard InChI is InChI=1S/C39H62N6O7/c1-12-22-15-39(22,30(48)32(50)40-18-21-13-14-21)43-31(49)28-27-23(38(27,10)11)19-45(28)33(51)29(36(5,6)7)42-34(52)41-24(35(2,3)4)20-44-25(46)16-37(8,9)17-26(44)47/h21-24,27-29H,12-20H2,1-11H3,(H,40,50)(H,43,49)(H2,41,42,52)/t22-,23?,24+,27?,28-,29-,39?/m0/s1. The molecule has 5 aliphatic rings. The number of carbonyl (C=O) groups is 7. The van der Waals surface area contributed by atoms with Crippen molar-refractivity contribution in [2.45, 2.75) is 138 Å². The molecule has 0 spiro atoms. The summed E-state index contributed by atoms with van der Waals surface area (Å²) in [6, 6.07) is -3.14. The molecule has 290 valence electrons. The molecule has 7 amide bonds. The van der Waals surface area contributed by atoms with Crippen molar-refractivity contribution in [1.29, 1.82) is 0 Å². The Hall–Kier alpha value is -3.51. The van der Waals surface area contributed by atoms with Crippen molar-refractivity contribution in [3.05, 3.63) is 0 Å². The molecular weight excluding hydrogens is 664 g/mol. The average Bonchev–Trinajstić information content (AvgIpc) is 3.96. The van der Waals surface area contributed by atoms with Gasteiger partial charge in [-0.25, -0.2) is 4.79 Å². The molecule has 0 bridgehead atoms. The van der Waals surface area contributed by atoms with Crippen LogP contribution in [0.25, 0.3) is 0 Å². The first-order valence-electron chi connectivity index (χ1n) is 19.2. The molecule has 2 saturated heterocycles. The lowest BCUT2D eigenvalue weighted by atomic mass is 9.80. The smallest absolute Gasteiger partial charge is 0.315 e. The summed E-state index contributed by atoms with van der Waals surface area (Å²) in [5.41, 5.74) is -3.23. The third kappa shape index (κ3) is 7.88. The number of urea groups is 1.